The van der Waals surface area contributed by atoms with Gasteiger partial charge in [-0.3, -0.25) is 14.9 Å². The molecule has 0 spiro atoms. The zero-order valence-corrected chi connectivity index (χ0v) is 15.5. The SMILES string of the molecule is CC(=O)OCCc1nc(C(C)C)c(Sc2cccc([N+](=O)[O-])c2)n1C. The van der Waals surface area contributed by atoms with Gasteiger partial charge < -0.3 is 9.30 Å². The van der Waals surface area contributed by atoms with E-state index in [2.05, 4.69) is 18.8 Å². The van der Waals surface area contributed by atoms with Crippen LogP contribution in [0.4, 0.5) is 5.69 Å². The molecule has 0 saturated carbocycles. The van der Waals surface area contributed by atoms with Gasteiger partial charge in [0.2, 0.25) is 0 Å². The molecule has 7 nitrogen and oxygen atoms in total. The number of non-ortho nitro benzene ring substituents is 1. The van der Waals surface area contributed by atoms with E-state index >= 15 is 0 Å². The summed E-state index contributed by atoms with van der Waals surface area (Å²) in [6.45, 7) is 5.76. The molecule has 0 radical (unpaired) electrons. The van der Waals surface area contributed by atoms with E-state index in [4.69, 9.17) is 4.74 Å². The fourth-order valence-corrected chi connectivity index (χ4v) is 3.51. The molecule has 2 aromatic rings. The Bertz CT molecular complexity index is 786. The molecule has 0 N–H and O–H groups in total. The normalized spacial score (nSPS) is 10.9. The van der Waals surface area contributed by atoms with Crippen LogP contribution in [0.3, 0.4) is 0 Å². The van der Waals surface area contributed by atoms with Crippen molar-refractivity contribution in [1.82, 2.24) is 9.55 Å². The van der Waals surface area contributed by atoms with Crippen LogP contribution in [0.2, 0.25) is 0 Å². The van der Waals surface area contributed by atoms with Crippen molar-refractivity contribution in [3.63, 3.8) is 0 Å². The average Bonchev–Trinajstić information content (AvgIpc) is 2.84. The van der Waals surface area contributed by atoms with E-state index in [1.807, 2.05) is 17.7 Å². The minimum atomic E-state index is -0.402. The Labute approximate surface area is 150 Å². The number of carbonyl (C=O) groups excluding carboxylic acids is 1. The number of benzene rings is 1. The second-order valence-corrected chi connectivity index (χ2v) is 6.94. The molecular formula is C17H21N3O4S. The second kappa shape index (κ2) is 8.15. The number of imidazole rings is 1. The molecule has 2 rings (SSSR count). The molecule has 1 aromatic heterocycles. The van der Waals surface area contributed by atoms with Crippen molar-refractivity contribution in [2.75, 3.05) is 6.61 Å². The lowest BCUT2D eigenvalue weighted by atomic mass is 10.1. The van der Waals surface area contributed by atoms with E-state index in [1.54, 1.807) is 12.1 Å². The number of aromatic nitrogens is 2. The maximum Gasteiger partial charge on any atom is 0.302 e. The van der Waals surface area contributed by atoms with Crippen LogP contribution in [0.25, 0.3) is 0 Å². The van der Waals surface area contributed by atoms with E-state index < -0.39 is 4.92 Å². The average molecular weight is 363 g/mol. The topological polar surface area (TPSA) is 87.3 Å². The first-order valence-corrected chi connectivity index (χ1v) is 8.72. The van der Waals surface area contributed by atoms with E-state index in [-0.39, 0.29) is 24.2 Å². The first kappa shape index (κ1) is 19.0. The highest BCUT2D eigenvalue weighted by atomic mass is 32.2. The van der Waals surface area contributed by atoms with E-state index in [0.717, 1.165) is 21.4 Å². The molecule has 0 aliphatic carbocycles. The summed E-state index contributed by atoms with van der Waals surface area (Å²) in [5.41, 5.74) is 0.991. The Morgan fingerprint density at radius 2 is 2.16 bits per heavy atom. The van der Waals surface area contributed by atoms with Crippen LogP contribution in [-0.2, 0) is 23.0 Å². The van der Waals surface area contributed by atoms with Crippen LogP contribution in [0.1, 0.15) is 38.2 Å². The highest BCUT2D eigenvalue weighted by Crippen LogP contribution is 2.35. The summed E-state index contributed by atoms with van der Waals surface area (Å²) in [5, 5.41) is 11.9. The monoisotopic (exact) mass is 363 g/mol. The molecule has 0 bridgehead atoms. The van der Waals surface area contributed by atoms with Gasteiger partial charge in [-0.1, -0.05) is 31.7 Å². The third kappa shape index (κ3) is 4.82. The van der Waals surface area contributed by atoms with Crippen LogP contribution in [0.15, 0.2) is 34.2 Å². The smallest absolute Gasteiger partial charge is 0.302 e. The number of hydrogen-bond acceptors (Lipinski definition) is 6. The first-order valence-electron chi connectivity index (χ1n) is 7.90. The van der Waals surface area contributed by atoms with Gasteiger partial charge in [-0.15, -0.1) is 0 Å². The number of nitrogens with zero attached hydrogens (tertiary/aromatic N) is 3. The molecule has 8 heteroatoms. The van der Waals surface area contributed by atoms with Gasteiger partial charge in [0, 0.05) is 37.4 Å². The number of hydrogen-bond donors (Lipinski definition) is 0. The Hall–Kier alpha value is -2.35. The minimum Gasteiger partial charge on any atom is -0.465 e. The maximum atomic E-state index is 11.0. The zero-order valence-electron chi connectivity index (χ0n) is 14.7. The van der Waals surface area contributed by atoms with Gasteiger partial charge >= 0.3 is 5.97 Å². The molecule has 134 valence electrons. The van der Waals surface area contributed by atoms with Crippen molar-refractivity contribution >= 4 is 23.4 Å². The molecule has 0 fully saturated rings. The van der Waals surface area contributed by atoms with Crippen molar-refractivity contribution in [2.24, 2.45) is 7.05 Å². The van der Waals surface area contributed by atoms with Gasteiger partial charge in [-0.05, 0) is 12.0 Å². The van der Waals surface area contributed by atoms with Crippen molar-refractivity contribution in [3.05, 3.63) is 45.9 Å². The van der Waals surface area contributed by atoms with Crippen molar-refractivity contribution in [3.8, 4) is 0 Å². The summed E-state index contributed by atoms with van der Waals surface area (Å²) < 4.78 is 6.96. The molecule has 1 aromatic carbocycles. The highest BCUT2D eigenvalue weighted by Gasteiger charge is 2.19. The van der Waals surface area contributed by atoms with E-state index in [0.29, 0.717) is 6.42 Å². The van der Waals surface area contributed by atoms with E-state index in [9.17, 15) is 14.9 Å². The molecule has 0 aliphatic rings. The molecular weight excluding hydrogens is 342 g/mol. The van der Waals surface area contributed by atoms with E-state index in [1.165, 1.54) is 24.8 Å². The number of esters is 1. The molecule has 0 unspecified atom stereocenters. The van der Waals surface area contributed by atoms with Gasteiger partial charge in [0.1, 0.15) is 10.9 Å². The summed E-state index contributed by atoms with van der Waals surface area (Å²) in [5.74, 6) is 0.706. The lowest BCUT2D eigenvalue weighted by Crippen LogP contribution is -2.07. The molecule has 0 saturated heterocycles. The molecule has 0 amide bonds. The Morgan fingerprint density at radius 1 is 1.44 bits per heavy atom. The van der Waals surface area contributed by atoms with Gasteiger partial charge in [0.25, 0.3) is 5.69 Å². The summed E-state index contributed by atoms with van der Waals surface area (Å²) >= 11 is 1.45. The Balaban J connectivity index is 2.29. The minimum absolute atomic E-state index is 0.0633. The van der Waals surface area contributed by atoms with Crippen molar-refractivity contribution in [1.29, 1.82) is 0 Å². The molecule has 0 atom stereocenters. The number of rotatable bonds is 7. The summed E-state index contributed by atoms with van der Waals surface area (Å²) in [6, 6.07) is 6.54. The zero-order chi connectivity index (χ0) is 18.6. The number of ether oxygens (including phenoxy) is 1. The predicted octanol–water partition coefficient (Wildman–Crippen LogP) is 3.71. The standard InChI is InChI=1S/C17H21N3O4S/c1-11(2)16-17(19(4)15(18-16)8-9-24-12(3)21)25-14-7-5-6-13(10-14)20(22)23/h5-7,10-11H,8-9H2,1-4H3. The molecule has 1 heterocycles. The summed E-state index contributed by atoms with van der Waals surface area (Å²) in [7, 11) is 1.90. The molecule has 25 heavy (non-hydrogen) atoms. The molecule has 0 aliphatic heterocycles. The summed E-state index contributed by atoms with van der Waals surface area (Å²) in [6.07, 6.45) is 0.519. The van der Waals surface area contributed by atoms with Gasteiger partial charge in [0.05, 0.1) is 17.2 Å². The first-order chi connectivity index (χ1) is 11.8. The number of carbonyl (C=O) groups is 1. The predicted molar refractivity (Wildman–Crippen MR) is 94.9 cm³/mol. The third-order valence-corrected chi connectivity index (χ3v) is 4.75. The van der Waals surface area contributed by atoms with Crippen LogP contribution < -0.4 is 0 Å². The quantitative estimate of drug-likeness (QED) is 0.423. The van der Waals surface area contributed by atoms with Crippen molar-refractivity contribution < 1.29 is 14.5 Å². The van der Waals surface area contributed by atoms with Crippen LogP contribution in [0, 0.1) is 10.1 Å². The Kier molecular flexibility index (Phi) is 6.19. The van der Waals surface area contributed by atoms with Crippen LogP contribution >= 0.6 is 11.8 Å². The van der Waals surface area contributed by atoms with Crippen molar-refractivity contribution in [2.45, 2.75) is 43.0 Å². The van der Waals surface area contributed by atoms with Crippen LogP contribution in [-0.4, -0.2) is 27.1 Å². The number of nitro benzene ring substituents is 1. The lowest BCUT2D eigenvalue weighted by Gasteiger charge is -2.09. The van der Waals surface area contributed by atoms with Gasteiger partial charge in [-0.25, -0.2) is 4.98 Å². The van der Waals surface area contributed by atoms with Gasteiger partial charge in [-0.2, -0.15) is 0 Å². The Morgan fingerprint density at radius 3 is 2.76 bits per heavy atom. The number of nitro groups is 1. The fourth-order valence-electron chi connectivity index (χ4n) is 2.33. The third-order valence-electron chi connectivity index (χ3n) is 3.58. The lowest BCUT2D eigenvalue weighted by molar-refractivity contribution is -0.385. The van der Waals surface area contributed by atoms with Gasteiger partial charge in [0.15, 0.2) is 0 Å². The maximum absolute atomic E-state index is 11.0. The second-order valence-electron chi connectivity index (χ2n) is 5.88. The van der Waals surface area contributed by atoms with Crippen LogP contribution in [0.5, 0.6) is 0 Å². The highest BCUT2D eigenvalue weighted by molar-refractivity contribution is 7.99. The largest absolute Gasteiger partial charge is 0.465 e. The summed E-state index contributed by atoms with van der Waals surface area (Å²) in [4.78, 5) is 26.9. The fraction of sp³-hybridized carbons (Fsp3) is 0.412.